The molecule has 2 N–H and O–H groups in total. The second-order valence-electron chi connectivity index (χ2n) is 4.24. The average Bonchev–Trinajstić information content (AvgIpc) is 2.40. The molecule has 0 saturated heterocycles. The van der Waals surface area contributed by atoms with Crippen molar-refractivity contribution in [1.29, 1.82) is 0 Å². The first-order chi connectivity index (χ1) is 8.94. The van der Waals surface area contributed by atoms with E-state index in [0.717, 1.165) is 18.9 Å². The van der Waals surface area contributed by atoms with Crippen molar-refractivity contribution >= 4 is 11.9 Å². The summed E-state index contributed by atoms with van der Waals surface area (Å²) in [6.07, 6.45) is 1.63. The highest BCUT2D eigenvalue weighted by atomic mass is 16.5. The molecule has 6 heteroatoms. The molecule has 6 nitrogen and oxygen atoms in total. The molecule has 0 aromatic rings. The first kappa shape index (κ1) is 17.6. The number of nitrogens with one attached hydrogen (secondary N) is 1. The van der Waals surface area contributed by atoms with Gasteiger partial charge in [0.1, 0.15) is 0 Å². The zero-order valence-electron chi connectivity index (χ0n) is 11.8. The number of hydrogen-bond acceptors (Lipinski definition) is 5. The maximum Gasteiger partial charge on any atom is 0.336 e. The molecule has 0 aliphatic heterocycles. The third-order valence-electron chi connectivity index (χ3n) is 2.77. The van der Waals surface area contributed by atoms with Crippen LogP contribution in [0, 0.1) is 0 Å². The van der Waals surface area contributed by atoms with Gasteiger partial charge in [0, 0.05) is 6.61 Å². The summed E-state index contributed by atoms with van der Waals surface area (Å²) >= 11 is 0. The van der Waals surface area contributed by atoms with Gasteiger partial charge >= 0.3 is 5.97 Å². The summed E-state index contributed by atoms with van der Waals surface area (Å²) in [6, 6.07) is 0. The minimum Gasteiger partial charge on any atom is -0.467 e. The summed E-state index contributed by atoms with van der Waals surface area (Å²) < 4.78 is 10.0. The number of carbonyl (C=O) groups excluding carboxylic acids is 2. The van der Waals surface area contributed by atoms with Gasteiger partial charge in [-0.15, -0.1) is 0 Å². The van der Waals surface area contributed by atoms with Gasteiger partial charge in [-0.25, -0.2) is 4.79 Å². The Morgan fingerprint density at radius 3 is 2.58 bits per heavy atom. The molecule has 0 radical (unpaired) electrons. The van der Waals surface area contributed by atoms with Crippen LogP contribution in [0.5, 0.6) is 0 Å². The Morgan fingerprint density at radius 1 is 1.53 bits per heavy atom. The number of unbranched alkanes of at least 4 members (excludes halogenated alkanes) is 1. The number of ether oxygens (including phenoxy) is 2. The number of carbonyl (C=O) groups is 2. The normalized spacial score (nSPS) is 15.2. The Bertz CT molecular complexity index is 316. The van der Waals surface area contributed by atoms with E-state index in [-0.39, 0.29) is 6.61 Å². The van der Waals surface area contributed by atoms with E-state index in [2.05, 4.69) is 16.6 Å². The molecule has 0 spiro atoms. The van der Waals surface area contributed by atoms with Gasteiger partial charge in [-0.2, -0.15) is 0 Å². The fraction of sp³-hybridized carbons (Fsp3) is 0.692. The van der Waals surface area contributed by atoms with Gasteiger partial charge in [0.2, 0.25) is 5.91 Å². The van der Waals surface area contributed by atoms with Gasteiger partial charge in [0.05, 0.1) is 19.8 Å². The van der Waals surface area contributed by atoms with Gasteiger partial charge < -0.3 is 19.9 Å². The Hall–Kier alpha value is -1.40. The highest BCUT2D eigenvalue weighted by molar-refractivity contribution is 5.93. The Morgan fingerprint density at radius 2 is 2.16 bits per heavy atom. The van der Waals surface area contributed by atoms with E-state index < -0.39 is 23.5 Å². The molecule has 0 heterocycles. The zero-order valence-corrected chi connectivity index (χ0v) is 11.8. The molecule has 110 valence electrons. The van der Waals surface area contributed by atoms with Gasteiger partial charge in [-0.3, -0.25) is 4.79 Å². The molecule has 0 bridgehead atoms. The maximum atomic E-state index is 11.9. The van der Waals surface area contributed by atoms with Gasteiger partial charge in [-0.1, -0.05) is 19.9 Å². The number of rotatable bonds is 9. The molecule has 1 amide bonds. The van der Waals surface area contributed by atoms with Crippen molar-refractivity contribution in [3.63, 3.8) is 0 Å². The van der Waals surface area contributed by atoms with E-state index >= 15 is 0 Å². The zero-order chi connectivity index (χ0) is 14.9. The van der Waals surface area contributed by atoms with Crippen LogP contribution in [0.4, 0.5) is 0 Å². The Labute approximate surface area is 113 Å². The molecule has 2 atom stereocenters. The number of methoxy groups -OCH3 is 1. The highest BCUT2D eigenvalue weighted by Gasteiger charge is 2.46. The smallest absolute Gasteiger partial charge is 0.336 e. The van der Waals surface area contributed by atoms with Crippen molar-refractivity contribution in [2.75, 3.05) is 20.3 Å². The molecule has 0 rings (SSSR count). The summed E-state index contributed by atoms with van der Waals surface area (Å²) in [6.45, 7) is 6.99. The van der Waals surface area contributed by atoms with Gasteiger partial charge in [0.15, 0.2) is 5.54 Å². The second-order valence-corrected chi connectivity index (χ2v) is 4.24. The largest absolute Gasteiger partial charge is 0.467 e. The standard InChI is InChI=1S/C13H23NO5/c1-5-7-8-19-9-13(10(3)15,12(17)18-4)14-11(16)6-2/h6,10,15H,2,5,7-9H2,1,3-4H3,(H,14,16)/t10?,13-/m1/s1. The number of hydrogen-bond donors (Lipinski definition) is 2. The van der Waals surface area contributed by atoms with E-state index in [9.17, 15) is 14.7 Å². The lowest BCUT2D eigenvalue weighted by Crippen LogP contribution is -2.64. The molecule has 0 aliphatic carbocycles. The third kappa shape index (κ3) is 5.00. The van der Waals surface area contributed by atoms with E-state index in [0.29, 0.717) is 6.61 Å². The van der Waals surface area contributed by atoms with Crippen LogP contribution in [0.3, 0.4) is 0 Å². The molecular formula is C13H23NO5. The van der Waals surface area contributed by atoms with Crippen LogP contribution in [-0.4, -0.2) is 48.9 Å². The molecule has 0 saturated carbocycles. The molecule has 0 aromatic heterocycles. The van der Waals surface area contributed by atoms with Crippen molar-refractivity contribution in [1.82, 2.24) is 5.32 Å². The van der Waals surface area contributed by atoms with Crippen molar-refractivity contribution in [2.45, 2.75) is 38.3 Å². The molecule has 0 fully saturated rings. The molecular weight excluding hydrogens is 250 g/mol. The lowest BCUT2D eigenvalue weighted by Gasteiger charge is -2.33. The van der Waals surface area contributed by atoms with Crippen LogP contribution in [0.2, 0.25) is 0 Å². The predicted octanol–water partition coefficient (Wildman–Crippen LogP) is 0.398. The van der Waals surface area contributed by atoms with E-state index in [1.54, 1.807) is 0 Å². The second kappa shape index (κ2) is 8.66. The van der Waals surface area contributed by atoms with Crippen molar-refractivity contribution in [2.24, 2.45) is 0 Å². The number of aliphatic hydroxyl groups excluding tert-OH is 1. The fourth-order valence-corrected chi connectivity index (χ4v) is 1.47. The molecule has 0 aromatic carbocycles. The third-order valence-corrected chi connectivity index (χ3v) is 2.77. The van der Waals surface area contributed by atoms with Crippen LogP contribution in [0.1, 0.15) is 26.7 Å². The van der Waals surface area contributed by atoms with Crippen molar-refractivity contribution in [3.8, 4) is 0 Å². The molecule has 1 unspecified atom stereocenters. The van der Waals surface area contributed by atoms with E-state index in [1.807, 2.05) is 6.92 Å². The first-order valence-corrected chi connectivity index (χ1v) is 6.23. The Balaban J connectivity index is 4.98. The predicted molar refractivity (Wildman–Crippen MR) is 70.5 cm³/mol. The first-order valence-electron chi connectivity index (χ1n) is 6.23. The molecule has 0 aliphatic rings. The van der Waals surface area contributed by atoms with Crippen LogP contribution in [-0.2, 0) is 19.1 Å². The SMILES string of the molecule is C=CC(=O)N[C@@](COCCCC)(C(=O)OC)C(C)O. The number of amides is 1. The lowest BCUT2D eigenvalue weighted by molar-refractivity contribution is -0.160. The number of aliphatic hydroxyl groups is 1. The average molecular weight is 273 g/mol. The van der Waals surface area contributed by atoms with Crippen LogP contribution < -0.4 is 5.32 Å². The Kier molecular flexibility index (Phi) is 8.02. The summed E-state index contributed by atoms with van der Waals surface area (Å²) in [5.74, 6) is -1.33. The van der Waals surface area contributed by atoms with Gasteiger partial charge in [-0.05, 0) is 19.4 Å². The lowest BCUT2D eigenvalue weighted by atomic mass is 9.94. The topological polar surface area (TPSA) is 84.9 Å². The molecule has 19 heavy (non-hydrogen) atoms. The van der Waals surface area contributed by atoms with Crippen LogP contribution in [0.25, 0.3) is 0 Å². The van der Waals surface area contributed by atoms with Crippen molar-refractivity contribution < 1.29 is 24.2 Å². The summed E-state index contributed by atoms with van der Waals surface area (Å²) in [7, 11) is 1.19. The minimum atomic E-state index is -1.62. The quantitative estimate of drug-likeness (QED) is 0.361. The van der Waals surface area contributed by atoms with Crippen LogP contribution in [0.15, 0.2) is 12.7 Å². The van der Waals surface area contributed by atoms with Crippen LogP contribution >= 0.6 is 0 Å². The summed E-state index contributed by atoms with van der Waals surface area (Å²) in [4.78, 5) is 23.3. The van der Waals surface area contributed by atoms with Gasteiger partial charge in [0.25, 0.3) is 0 Å². The summed E-state index contributed by atoms with van der Waals surface area (Å²) in [5.41, 5.74) is -1.62. The van der Waals surface area contributed by atoms with Crippen molar-refractivity contribution in [3.05, 3.63) is 12.7 Å². The highest BCUT2D eigenvalue weighted by Crippen LogP contribution is 2.15. The number of esters is 1. The minimum absolute atomic E-state index is 0.156. The monoisotopic (exact) mass is 273 g/mol. The fourth-order valence-electron chi connectivity index (χ4n) is 1.47. The van der Waals surface area contributed by atoms with E-state index in [4.69, 9.17) is 4.74 Å². The van der Waals surface area contributed by atoms with E-state index in [1.165, 1.54) is 14.0 Å². The maximum absolute atomic E-state index is 11.9. The summed E-state index contributed by atoms with van der Waals surface area (Å²) in [5, 5.41) is 12.2.